The van der Waals surface area contributed by atoms with E-state index >= 15 is 0 Å². The van der Waals surface area contributed by atoms with Crippen molar-refractivity contribution in [1.29, 1.82) is 0 Å². The second-order valence-electron chi connectivity index (χ2n) is 7.61. The Hall–Kier alpha value is -0.240. The first kappa shape index (κ1) is 23.8. The third kappa shape index (κ3) is 9.11. The first-order chi connectivity index (χ1) is 12.6. The Morgan fingerprint density at radius 2 is 1.35 bits per heavy atom. The van der Waals surface area contributed by atoms with Crippen LogP contribution in [0.5, 0.6) is 0 Å². The van der Waals surface area contributed by atoms with Crippen LogP contribution in [0.3, 0.4) is 0 Å². The highest BCUT2D eigenvalue weighted by atomic mass is 16.5. The van der Waals surface area contributed by atoms with E-state index in [0.717, 1.165) is 59.2 Å². The molecule has 0 aliphatic carbocycles. The Kier molecular flexibility index (Phi) is 12.7. The molecule has 2 fully saturated rings. The van der Waals surface area contributed by atoms with Crippen molar-refractivity contribution in [3.8, 4) is 0 Å². The van der Waals surface area contributed by atoms with E-state index in [1.165, 1.54) is 26.2 Å². The lowest BCUT2D eigenvalue weighted by Gasteiger charge is -2.60. The van der Waals surface area contributed by atoms with E-state index in [9.17, 15) is 0 Å². The zero-order valence-corrected chi connectivity index (χ0v) is 18.0. The number of hydrogen-bond acceptors (Lipinski definition) is 6. The average molecular weight is 373 g/mol. The minimum absolute atomic E-state index is 0.545. The fourth-order valence-electron chi connectivity index (χ4n) is 3.65. The molecule has 0 amide bonds. The van der Waals surface area contributed by atoms with E-state index in [1.807, 2.05) is 13.8 Å². The van der Waals surface area contributed by atoms with E-state index in [1.54, 1.807) is 0 Å². The van der Waals surface area contributed by atoms with E-state index < -0.39 is 0 Å². The first-order valence-electron chi connectivity index (χ1n) is 10.7. The summed E-state index contributed by atoms with van der Waals surface area (Å²) in [4.78, 5) is 5.05. The van der Waals surface area contributed by atoms with Gasteiger partial charge in [-0.2, -0.15) is 0 Å². The Morgan fingerprint density at radius 1 is 0.846 bits per heavy atom. The largest absolute Gasteiger partial charge is 0.379 e. The van der Waals surface area contributed by atoms with Gasteiger partial charge in [0.05, 0.1) is 26.4 Å². The van der Waals surface area contributed by atoms with E-state index in [4.69, 9.17) is 9.47 Å². The number of likely N-dealkylation sites (tertiary alicyclic amines) is 2. The van der Waals surface area contributed by atoms with Gasteiger partial charge in [0.25, 0.3) is 0 Å². The van der Waals surface area contributed by atoms with Crippen LogP contribution >= 0.6 is 0 Å². The lowest BCUT2D eigenvalue weighted by molar-refractivity contribution is -0.123. The molecule has 2 heterocycles. The predicted octanol–water partition coefficient (Wildman–Crippen LogP) is 1.27. The summed E-state index contributed by atoms with van der Waals surface area (Å²) in [6, 6.07) is 0.545. The minimum Gasteiger partial charge on any atom is -0.379 e. The van der Waals surface area contributed by atoms with Gasteiger partial charge in [-0.1, -0.05) is 34.6 Å². The van der Waals surface area contributed by atoms with Crippen LogP contribution in [0.1, 0.15) is 34.6 Å². The molecule has 0 radical (unpaired) electrons. The topological polar surface area (TPSA) is 49.0 Å². The average Bonchev–Trinajstić information content (AvgIpc) is 2.57. The van der Waals surface area contributed by atoms with Gasteiger partial charge in [-0.05, 0) is 6.54 Å². The second-order valence-corrected chi connectivity index (χ2v) is 7.61. The molecule has 26 heavy (non-hydrogen) atoms. The van der Waals surface area contributed by atoms with Crippen molar-refractivity contribution in [3.63, 3.8) is 0 Å². The lowest BCUT2D eigenvalue weighted by atomic mass is 9.73. The monoisotopic (exact) mass is 372 g/mol. The van der Waals surface area contributed by atoms with Crippen molar-refractivity contribution in [3.05, 3.63) is 0 Å². The molecule has 6 heteroatoms. The normalized spacial score (nSPS) is 19.2. The molecule has 0 aromatic carbocycles. The predicted molar refractivity (Wildman–Crippen MR) is 110 cm³/mol. The van der Waals surface area contributed by atoms with Crippen LogP contribution in [0.4, 0.5) is 0 Å². The highest BCUT2D eigenvalue weighted by Gasteiger charge is 2.50. The van der Waals surface area contributed by atoms with Crippen LogP contribution in [0.2, 0.25) is 0 Å². The maximum atomic E-state index is 5.69. The summed E-state index contributed by atoms with van der Waals surface area (Å²) in [7, 11) is 0. The molecule has 2 saturated heterocycles. The van der Waals surface area contributed by atoms with Gasteiger partial charge in [-0.25, -0.2) is 0 Å². The van der Waals surface area contributed by atoms with Crippen molar-refractivity contribution in [1.82, 2.24) is 20.4 Å². The third-order valence-electron chi connectivity index (χ3n) is 4.81. The van der Waals surface area contributed by atoms with Crippen LogP contribution < -0.4 is 10.6 Å². The molecule has 0 unspecified atom stereocenters. The van der Waals surface area contributed by atoms with Gasteiger partial charge in [0.2, 0.25) is 0 Å². The van der Waals surface area contributed by atoms with Crippen molar-refractivity contribution in [2.75, 3.05) is 85.3 Å². The Labute approximate surface area is 162 Å². The summed E-state index contributed by atoms with van der Waals surface area (Å²) in [5, 5.41) is 6.65. The minimum atomic E-state index is 0.545. The zero-order valence-electron chi connectivity index (χ0n) is 18.0. The SMILES string of the molecule is CC.CCNCCOCCN1CC2(C1)CN(CCOCCNC(C)C)C2. The smallest absolute Gasteiger partial charge is 0.0594 e. The van der Waals surface area contributed by atoms with Crippen LogP contribution in [-0.4, -0.2) is 101 Å². The van der Waals surface area contributed by atoms with Gasteiger partial charge in [0, 0.05) is 63.8 Å². The van der Waals surface area contributed by atoms with Crippen LogP contribution in [0.15, 0.2) is 0 Å². The number of hydrogen-bond donors (Lipinski definition) is 2. The number of rotatable bonds is 14. The summed E-state index contributed by atoms with van der Waals surface area (Å²) in [6.45, 7) is 23.9. The Balaban J connectivity index is 0.00000163. The summed E-state index contributed by atoms with van der Waals surface area (Å²) in [6.07, 6.45) is 0. The molecule has 0 atom stereocenters. The van der Waals surface area contributed by atoms with Crippen LogP contribution in [-0.2, 0) is 9.47 Å². The standard InChI is InChI=1S/C18H38N4O2.C2H6/c1-4-19-5-9-23-11-7-21-13-18(14-21)15-22(16-18)8-12-24-10-6-20-17(2)3;1-2/h17,19-20H,4-16H2,1-3H3;1-2H3. The fraction of sp³-hybridized carbons (Fsp3) is 1.00. The maximum absolute atomic E-state index is 5.69. The van der Waals surface area contributed by atoms with Gasteiger partial charge >= 0.3 is 0 Å². The molecule has 0 saturated carbocycles. The molecule has 2 N–H and O–H groups in total. The summed E-state index contributed by atoms with van der Waals surface area (Å²) >= 11 is 0. The summed E-state index contributed by atoms with van der Waals surface area (Å²) in [5.74, 6) is 0. The Bertz CT molecular complexity index is 328. The summed E-state index contributed by atoms with van der Waals surface area (Å²) in [5.41, 5.74) is 0.586. The van der Waals surface area contributed by atoms with E-state index in [2.05, 4.69) is 41.2 Å². The fourth-order valence-corrected chi connectivity index (χ4v) is 3.65. The molecule has 2 aliphatic heterocycles. The van der Waals surface area contributed by atoms with Gasteiger partial charge < -0.3 is 20.1 Å². The van der Waals surface area contributed by atoms with Crippen molar-refractivity contribution >= 4 is 0 Å². The molecule has 0 aromatic heterocycles. The highest BCUT2D eigenvalue weighted by molar-refractivity contribution is 5.05. The van der Waals surface area contributed by atoms with Gasteiger partial charge in [0.1, 0.15) is 0 Å². The lowest BCUT2D eigenvalue weighted by Crippen LogP contribution is -2.72. The van der Waals surface area contributed by atoms with Crippen molar-refractivity contribution in [2.45, 2.75) is 40.7 Å². The van der Waals surface area contributed by atoms with Gasteiger partial charge in [-0.3, -0.25) is 9.80 Å². The molecular weight excluding hydrogens is 328 g/mol. The zero-order chi connectivity index (χ0) is 19.3. The van der Waals surface area contributed by atoms with Crippen molar-refractivity contribution < 1.29 is 9.47 Å². The van der Waals surface area contributed by atoms with E-state index in [-0.39, 0.29) is 0 Å². The van der Waals surface area contributed by atoms with Crippen LogP contribution in [0, 0.1) is 5.41 Å². The molecule has 6 nitrogen and oxygen atoms in total. The first-order valence-corrected chi connectivity index (χ1v) is 10.7. The third-order valence-corrected chi connectivity index (χ3v) is 4.81. The number of nitrogens with zero attached hydrogens (tertiary/aromatic N) is 2. The van der Waals surface area contributed by atoms with E-state index in [0.29, 0.717) is 11.5 Å². The summed E-state index contributed by atoms with van der Waals surface area (Å²) < 4.78 is 11.3. The number of ether oxygens (including phenoxy) is 2. The second kappa shape index (κ2) is 13.9. The quantitative estimate of drug-likeness (QED) is 0.448. The van der Waals surface area contributed by atoms with Crippen molar-refractivity contribution in [2.24, 2.45) is 5.41 Å². The molecular formula is C20H44N4O2. The number of likely N-dealkylation sites (N-methyl/N-ethyl adjacent to an activating group) is 1. The molecule has 0 aromatic rings. The van der Waals surface area contributed by atoms with Crippen LogP contribution in [0.25, 0.3) is 0 Å². The molecule has 2 rings (SSSR count). The van der Waals surface area contributed by atoms with Gasteiger partial charge in [0.15, 0.2) is 0 Å². The molecule has 0 bridgehead atoms. The Morgan fingerprint density at radius 3 is 1.81 bits per heavy atom. The highest BCUT2D eigenvalue weighted by Crippen LogP contribution is 2.38. The van der Waals surface area contributed by atoms with Gasteiger partial charge in [-0.15, -0.1) is 0 Å². The number of nitrogens with one attached hydrogen (secondary N) is 2. The molecule has 2 aliphatic rings. The molecule has 156 valence electrons. The maximum Gasteiger partial charge on any atom is 0.0594 e. The molecule has 1 spiro atoms.